The molecule has 0 spiro atoms. The zero-order valence-corrected chi connectivity index (χ0v) is 15.2. The van der Waals surface area contributed by atoms with E-state index in [-0.39, 0.29) is 12.3 Å². The Labute approximate surface area is 156 Å². The summed E-state index contributed by atoms with van der Waals surface area (Å²) in [4.78, 5) is 11.8. The van der Waals surface area contributed by atoms with Gasteiger partial charge >= 0.3 is 0 Å². The summed E-state index contributed by atoms with van der Waals surface area (Å²) < 4.78 is 10.7. The van der Waals surface area contributed by atoms with Crippen LogP contribution in [0.15, 0.2) is 47.6 Å². The fourth-order valence-electron chi connectivity index (χ4n) is 2.01. The molecule has 0 aliphatic heterocycles. The van der Waals surface area contributed by atoms with Gasteiger partial charge in [-0.3, -0.25) is 4.79 Å². The van der Waals surface area contributed by atoms with Crippen molar-refractivity contribution in [2.75, 3.05) is 13.7 Å². The Bertz CT molecular complexity index is 751. The summed E-state index contributed by atoms with van der Waals surface area (Å²) in [5, 5.41) is 4.92. The third kappa shape index (κ3) is 6.29. The molecule has 0 bridgehead atoms. The topological polar surface area (TPSA) is 59.9 Å². The first kappa shape index (κ1) is 19.1. The van der Waals surface area contributed by atoms with E-state index in [1.54, 1.807) is 31.5 Å². The summed E-state index contributed by atoms with van der Waals surface area (Å²) in [5.74, 6) is 1.03. The molecule has 0 aromatic heterocycles. The Morgan fingerprint density at radius 3 is 2.76 bits per heavy atom. The number of amides is 1. The molecule has 0 aliphatic carbocycles. The van der Waals surface area contributed by atoms with Gasteiger partial charge in [-0.15, -0.1) is 0 Å². The van der Waals surface area contributed by atoms with E-state index in [4.69, 9.17) is 32.7 Å². The predicted octanol–water partition coefficient (Wildman–Crippen LogP) is 4.31. The number of ether oxygens (including phenoxy) is 2. The fraction of sp³-hybridized carbons (Fsp3) is 0.222. The molecule has 0 saturated heterocycles. The lowest BCUT2D eigenvalue weighted by Gasteiger charge is -2.07. The molecule has 2 rings (SSSR count). The Kier molecular flexibility index (Phi) is 7.57. The van der Waals surface area contributed by atoms with Crippen molar-refractivity contribution < 1.29 is 14.3 Å². The van der Waals surface area contributed by atoms with Crippen LogP contribution in [0, 0.1) is 0 Å². The van der Waals surface area contributed by atoms with Gasteiger partial charge in [0.25, 0.3) is 0 Å². The number of rotatable bonds is 8. The summed E-state index contributed by atoms with van der Waals surface area (Å²) in [6.07, 6.45) is 2.37. The van der Waals surface area contributed by atoms with Gasteiger partial charge in [0.1, 0.15) is 11.5 Å². The quantitative estimate of drug-likeness (QED) is 0.421. The van der Waals surface area contributed by atoms with Gasteiger partial charge in [0.2, 0.25) is 5.91 Å². The first-order valence-corrected chi connectivity index (χ1v) is 8.38. The fourth-order valence-corrected chi connectivity index (χ4v) is 2.47. The van der Waals surface area contributed by atoms with Gasteiger partial charge in [-0.25, -0.2) is 5.43 Å². The second kappa shape index (κ2) is 9.91. The molecule has 0 fully saturated rings. The molecule has 0 radical (unpaired) electrons. The number of para-hydroxylation sites is 1. The molecule has 2 aromatic rings. The standard InChI is InChI=1S/C18H18Cl2N2O3/c1-24-16-6-3-2-5-13(16)12-21-22-18(23)7-4-10-25-17-9-8-14(19)11-15(17)20/h2-3,5-6,8-9,11-12H,4,7,10H2,1H3,(H,22,23)/b21-12+. The van der Waals surface area contributed by atoms with E-state index in [1.807, 2.05) is 24.3 Å². The highest BCUT2D eigenvalue weighted by Gasteiger charge is 2.04. The molecule has 0 heterocycles. The Morgan fingerprint density at radius 2 is 2.00 bits per heavy atom. The number of hydrogen-bond donors (Lipinski definition) is 1. The van der Waals surface area contributed by atoms with Crippen molar-refractivity contribution in [3.63, 3.8) is 0 Å². The maximum absolute atomic E-state index is 11.8. The van der Waals surface area contributed by atoms with Crippen LogP contribution in [0.3, 0.4) is 0 Å². The van der Waals surface area contributed by atoms with Crippen LogP contribution in [0.25, 0.3) is 0 Å². The summed E-state index contributed by atoms with van der Waals surface area (Å²) in [6.45, 7) is 0.366. The van der Waals surface area contributed by atoms with Crippen LogP contribution in [0.5, 0.6) is 11.5 Å². The molecular weight excluding hydrogens is 363 g/mol. The van der Waals surface area contributed by atoms with Crippen molar-refractivity contribution in [1.29, 1.82) is 0 Å². The van der Waals surface area contributed by atoms with Crippen molar-refractivity contribution >= 4 is 35.3 Å². The number of hydrogen-bond acceptors (Lipinski definition) is 4. The average Bonchev–Trinajstić information content (AvgIpc) is 2.60. The van der Waals surface area contributed by atoms with Crippen LogP contribution in [0.4, 0.5) is 0 Å². The maximum atomic E-state index is 11.8. The van der Waals surface area contributed by atoms with Gasteiger partial charge in [0, 0.05) is 17.0 Å². The minimum absolute atomic E-state index is 0.197. The van der Waals surface area contributed by atoms with E-state index < -0.39 is 0 Å². The molecular formula is C18H18Cl2N2O3. The Morgan fingerprint density at radius 1 is 1.20 bits per heavy atom. The molecule has 132 valence electrons. The molecule has 1 N–H and O–H groups in total. The lowest BCUT2D eigenvalue weighted by molar-refractivity contribution is -0.121. The van der Waals surface area contributed by atoms with Crippen molar-refractivity contribution in [1.82, 2.24) is 5.43 Å². The smallest absolute Gasteiger partial charge is 0.240 e. The highest BCUT2D eigenvalue weighted by Crippen LogP contribution is 2.27. The molecule has 0 unspecified atom stereocenters. The van der Waals surface area contributed by atoms with Gasteiger partial charge in [-0.1, -0.05) is 35.3 Å². The maximum Gasteiger partial charge on any atom is 0.240 e. The Hall–Kier alpha value is -2.24. The van der Waals surface area contributed by atoms with Gasteiger partial charge in [0.15, 0.2) is 0 Å². The van der Waals surface area contributed by atoms with E-state index in [9.17, 15) is 4.79 Å². The third-order valence-corrected chi connectivity index (χ3v) is 3.76. The average molecular weight is 381 g/mol. The monoisotopic (exact) mass is 380 g/mol. The Balaban J connectivity index is 1.71. The molecule has 7 heteroatoms. The number of nitrogens with one attached hydrogen (secondary N) is 1. The predicted molar refractivity (Wildman–Crippen MR) is 99.9 cm³/mol. The van der Waals surface area contributed by atoms with Gasteiger partial charge in [-0.05, 0) is 36.8 Å². The third-order valence-electron chi connectivity index (χ3n) is 3.23. The number of methoxy groups -OCH3 is 1. The summed E-state index contributed by atoms with van der Waals surface area (Å²) >= 11 is 11.8. The van der Waals surface area contributed by atoms with Gasteiger partial charge in [-0.2, -0.15) is 5.10 Å². The number of carbonyl (C=O) groups excluding carboxylic acids is 1. The summed E-state index contributed by atoms with van der Waals surface area (Å²) in [5.41, 5.74) is 3.26. The number of carbonyl (C=O) groups is 1. The largest absolute Gasteiger partial charge is 0.496 e. The van der Waals surface area contributed by atoms with Crippen LogP contribution in [0.2, 0.25) is 10.0 Å². The molecule has 1 amide bonds. The molecule has 0 saturated carbocycles. The van der Waals surface area contributed by atoms with Gasteiger partial charge in [0.05, 0.1) is 25.0 Å². The number of benzene rings is 2. The first-order valence-electron chi connectivity index (χ1n) is 7.63. The van der Waals surface area contributed by atoms with Crippen molar-refractivity contribution in [3.8, 4) is 11.5 Å². The first-order chi connectivity index (χ1) is 12.1. The van der Waals surface area contributed by atoms with Crippen LogP contribution in [0.1, 0.15) is 18.4 Å². The lowest BCUT2D eigenvalue weighted by Crippen LogP contribution is -2.18. The normalized spacial score (nSPS) is 10.7. The second-order valence-corrected chi connectivity index (χ2v) is 5.91. The van der Waals surface area contributed by atoms with Crippen molar-refractivity contribution in [3.05, 3.63) is 58.1 Å². The highest BCUT2D eigenvalue weighted by atomic mass is 35.5. The number of nitrogens with zero attached hydrogens (tertiary/aromatic N) is 1. The minimum Gasteiger partial charge on any atom is -0.496 e. The molecule has 0 aliphatic rings. The number of halogens is 2. The van der Waals surface area contributed by atoms with Gasteiger partial charge < -0.3 is 9.47 Å². The van der Waals surface area contributed by atoms with Crippen LogP contribution in [-0.4, -0.2) is 25.8 Å². The minimum atomic E-state index is -0.197. The van der Waals surface area contributed by atoms with Crippen LogP contribution >= 0.6 is 23.2 Å². The van der Waals surface area contributed by atoms with E-state index in [2.05, 4.69) is 10.5 Å². The van der Waals surface area contributed by atoms with Crippen LogP contribution < -0.4 is 14.9 Å². The van der Waals surface area contributed by atoms with E-state index in [0.29, 0.717) is 34.6 Å². The van der Waals surface area contributed by atoms with E-state index in [1.165, 1.54) is 0 Å². The van der Waals surface area contributed by atoms with Crippen molar-refractivity contribution in [2.45, 2.75) is 12.8 Å². The van der Waals surface area contributed by atoms with E-state index >= 15 is 0 Å². The highest BCUT2D eigenvalue weighted by molar-refractivity contribution is 6.35. The van der Waals surface area contributed by atoms with Crippen molar-refractivity contribution in [2.24, 2.45) is 5.10 Å². The zero-order chi connectivity index (χ0) is 18.1. The van der Waals surface area contributed by atoms with Crippen LogP contribution in [-0.2, 0) is 4.79 Å². The molecule has 25 heavy (non-hydrogen) atoms. The summed E-state index contributed by atoms with van der Waals surface area (Å²) in [7, 11) is 1.58. The van der Waals surface area contributed by atoms with E-state index in [0.717, 1.165) is 5.56 Å². The number of hydrazone groups is 1. The molecule has 2 aromatic carbocycles. The lowest BCUT2D eigenvalue weighted by atomic mass is 10.2. The zero-order valence-electron chi connectivity index (χ0n) is 13.7. The molecule has 5 nitrogen and oxygen atoms in total. The second-order valence-electron chi connectivity index (χ2n) is 5.06. The molecule has 0 atom stereocenters. The summed E-state index contributed by atoms with van der Waals surface area (Å²) in [6, 6.07) is 12.4. The SMILES string of the molecule is COc1ccccc1/C=N/NC(=O)CCCOc1ccc(Cl)cc1Cl.